The van der Waals surface area contributed by atoms with E-state index in [-0.39, 0.29) is 0 Å². The van der Waals surface area contributed by atoms with Crippen LogP contribution in [-0.4, -0.2) is 6.61 Å². The first-order chi connectivity index (χ1) is 8.79. The molecule has 1 aromatic heterocycles. The molecule has 3 heteroatoms. The molecule has 0 bridgehead atoms. The Morgan fingerprint density at radius 2 is 2.17 bits per heavy atom. The predicted octanol–water partition coefficient (Wildman–Crippen LogP) is 4.00. The number of benzene rings is 1. The maximum Gasteiger partial charge on any atom is 0.119 e. The average Bonchev–Trinajstić information content (AvgIpc) is 2.91. The second kappa shape index (κ2) is 6.57. The van der Waals surface area contributed by atoms with Gasteiger partial charge in [-0.15, -0.1) is 11.3 Å². The number of hydrogen-bond donors (Lipinski definition) is 1. The van der Waals surface area contributed by atoms with E-state index in [1.165, 1.54) is 10.4 Å². The minimum atomic E-state index is 0.390. The van der Waals surface area contributed by atoms with Crippen molar-refractivity contribution >= 4 is 11.3 Å². The first kappa shape index (κ1) is 13.1. The molecule has 96 valence electrons. The van der Waals surface area contributed by atoms with Crippen LogP contribution in [0.3, 0.4) is 0 Å². The van der Waals surface area contributed by atoms with Crippen LogP contribution < -0.4 is 10.1 Å². The molecule has 1 atom stereocenters. The standard InChI is InChI=1S/C15H19NOS/c1-3-17-14-7-4-6-13(10-14)11-16-12(2)15-8-5-9-18-15/h4-10,12,16H,3,11H2,1-2H3/t12-/m1/s1. The van der Waals surface area contributed by atoms with Crippen LogP contribution in [0.25, 0.3) is 0 Å². The van der Waals surface area contributed by atoms with Gasteiger partial charge in [0.2, 0.25) is 0 Å². The summed E-state index contributed by atoms with van der Waals surface area (Å²) in [7, 11) is 0. The summed E-state index contributed by atoms with van der Waals surface area (Å²) in [5, 5.41) is 5.64. The second-order valence-corrected chi connectivity index (χ2v) is 5.18. The van der Waals surface area contributed by atoms with Crippen molar-refractivity contribution in [1.29, 1.82) is 0 Å². The summed E-state index contributed by atoms with van der Waals surface area (Å²) >= 11 is 1.79. The fourth-order valence-electron chi connectivity index (χ4n) is 1.82. The van der Waals surface area contributed by atoms with Crippen LogP contribution in [0.5, 0.6) is 5.75 Å². The van der Waals surface area contributed by atoms with Crippen LogP contribution in [0.4, 0.5) is 0 Å². The third kappa shape index (κ3) is 3.59. The topological polar surface area (TPSA) is 21.3 Å². The van der Waals surface area contributed by atoms with Gasteiger partial charge < -0.3 is 10.1 Å². The highest BCUT2D eigenvalue weighted by molar-refractivity contribution is 7.10. The molecule has 2 nitrogen and oxygen atoms in total. The van der Waals surface area contributed by atoms with Gasteiger partial charge in [0, 0.05) is 17.5 Å². The molecular formula is C15H19NOS. The lowest BCUT2D eigenvalue weighted by Crippen LogP contribution is -2.17. The molecule has 0 amide bonds. The summed E-state index contributed by atoms with van der Waals surface area (Å²) in [4.78, 5) is 1.37. The number of ether oxygens (including phenoxy) is 1. The van der Waals surface area contributed by atoms with E-state index < -0.39 is 0 Å². The SMILES string of the molecule is CCOc1cccc(CN[C@H](C)c2cccs2)c1. The van der Waals surface area contributed by atoms with Crippen LogP contribution in [0.2, 0.25) is 0 Å². The Hall–Kier alpha value is -1.32. The van der Waals surface area contributed by atoms with Crippen molar-refractivity contribution in [1.82, 2.24) is 5.32 Å². The van der Waals surface area contributed by atoms with Crippen molar-refractivity contribution in [2.75, 3.05) is 6.61 Å². The molecule has 0 aliphatic carbocycles. The van der Waals surface area contributed by atoms with E-state index >= 15 is 0 Å². The number of nitrogens with one attached hydrogen (secondary N) is 1. The highest BCUT2D eigenvalue weighted by Gasteiger charge is 2.05. The molecule has 18 heavy (non-hydrogen) atoms. The van der Waals surface area contributed by atoms with Gasteiger partial charge in [-0.1, -0.05) is 18.2 Å². The molecule has 0 spiro atoms. The van der Waals surface area contributed by atoms with Crippen molar-refractivity contribution in [3.8, 4) is 5.75 Å². The lowest BCUT2D eigenvalue weighted by Gasteiger charge is -2.12. The molecule has 0 saturated carbocycles. The number of rotatable bonds is 6. The summed E-state index contributed by atoms with van der Waals surface area (Å²) in [6, 6.07) is 12.9. The Bertz CT molecular complexity index is 467. The van der Waals surface area contributed by atoms with Crippen LogP contribution in [0, 0.1) is 0 Å². The van der Waals surface area contributed by atoms with Gasteiger partial charge in [0.1, 0.15) is 5.75 Å². The molecule has 1 N–H and O–H groups in total. The van der Waals surface area contributed by atoms with Crippen molar-refractivity contribution in [2.45, 2.75) is 26.4 Å². The van der Waals surface area contributed by atoms with Gasteiger partial charge in [-0.3, -0.25) is 0 Å². The molecule has 0 aliphatic heterocycles. The maximum atomic E-state index is 5.50. The molecule has 0 saturated heterocycles. The largest absolute Gasteiger partial charge is 0.494 e. The van der Waals surface area contributed by atoms with Gasteiger partial charge in [-0.25, -0.2) is 0 Å². The normalized spacial score (nSPS) is 12.3. The Morgan fingerprint density at radius 3 is 2.89 bits per heavy atom. The molecule has 2 aromatic rings. The Labute approximate surface area is 113 Å². The zero-order valence-electron chi connectivity index (χ0n) is 10.8. The van der Waals surface area contributed by atoms with Crippen molar-refractivity contribution in [2.24, 2.45) is 0 Å². The number of thiophene rings is 1. The summed E-state index contributed by atoms with van der Waals surface area (Å²) in [5.74, 6) is 0.945. The van der Waals surface area contributed by atoms with Gasteiger partial charge in [0.05, 0.1) is 6.61 Å². The fraction of sp³-hybridized carbons (Fsp3) is 0.333. The van der Waals surface area contributed by atoms with Crippen LogP contribution in [0.1, 0.15) is 30.3 Å². The van der Waals surface area contributed by atoms with Crippen LogP contribution in [-0.2, 0) is 6.54 Å². The van der Waals surface area contributed by atoms with Gasteiger partial charge in [-0.05, 0) is 43.0 Å². The Kier molecular flexibility index (Phi) is 4.79. The third-order valence-electron chi connectivity index (χ3n) is 2.79. The summed E-state index contributed by atoms with van der Waals surface area (Å²) in [6.45, 7) is 5.77. The molecule has 0 radical (unpaired) electrons. The Morgan fingerprint density at radius 1 is 1.28 bits per heavy atom. The van der Waals surface area contributed by atoms with E-state index in [0.29, 0.717) is 12.6 Å². The zero-order chi connectivity index (χ0) is 12.8. The van der Waals surface area contributed by atoms with Crippen molar-refractivity contribution in [3.05, 3.63) is 52.2 Å². The van der Waals surface area contributed by atoms with E-state index in [1.807, 2.05) is 19.1 Å². The van der Waals surface area contributed by atoms with E-state index in [9.17, 15) is 0 Å². The van der Waals surface area contributed by atoms with E-state index in [1.54, 1.807) is 11.3 Å². The first-order valence-electron chi connectivity index (χ1n) is 6.28. The second-order valence-electron chi connectivity index (χ2n) is 4.20. The molecule has 1 heterocycles. The Balaban J connectivity index is 1.91. The van der Waals surface area contributed by atoms with Gasteiger partial charge in [-0.2, -0.15) is 0 Å². The van der Waals surface area contributed by atoms with E-state index in [2.05, 4.69) is 41.9 Å². The highest BCUT2D eigenvalue weighted by Crippen LogP contribution is 2.19. The first-order valence-corrected chi connectivity index (χ1v) is 7.16. The summed E-state index contributed by atoms with van der Waals surface area (Å²) < 4.78 is 5.50. The molecule has 2 rings (SSSR count). The van der Waals surface area contributed by atoms with Crippen LogP contribution >= 0.6 is 11.3 Å². The molecule has 1 aromatic carbocycles. The predicted molar refractivity (Wildman–Crippen MR) is 77.2 cm³/mol. The lowest BCUT2D eigenvalue weighted by atomic mass is 10.2. The van der Waals surface area contributed by atoms with E-state index in [4.69, 9.17) is 4.74 Å². The summed E-state index contributed by atoms with van der Waals surface area (Å²) in [5.41, 5.74) is 1.25. The zero-order valence-corrected chi connectivity index (χ0v) is 11.7. The van der Waals surface area contributed by atoms with Gasteiger partial charge in [0.25, 0.3) is 0 Å². The van der Waals surface area contributed by atoms with Crippen molar-refractivity contribution < 1.29 is 4.74 Å². The minimum Gasteiger partial charge on any atom is -0.494 e. The lowest BCUT2D eigenvalue weighted by molar-refractivity contribution is 0.339. The monoisotopic (exact) mass is 261 g/mol. The van der Waals surface area contributed by atoms with Gasteiger partial charge in [0.15, 0.2) is 0 Å². The molecular weight excluding hydrogens is 242 g/mol. The molecule has 0 aliphatic rings. The summed E-state index contributed by atoms with van der Waals surface area (Å²) in [6.07, 6.45) is 0. The average molecular weight is 261 g/mol. The van der Waals surface area contributed by atoms with Crippen LogP contribution in [0.15, 0.2) is 41.8 Å². The minimum absolute atomic E-state index is 0.390. The quantitative estimate of drug-likeness (QED) is 0.848. The fourth-order valence-corrected chi connectivity index (χ4v) is 2.58. The molecule has 0 unspecified atom stereocenters. The third-order valence-corrected chi connectivity index (χ3v) is 3.85. The van der Waals surface area contributed by atoms with E-state index in [0.717, 1.165) is 12.3 Å². The molecule has 0 fully saturated rings. The maximum absolute atomic E-state index is 5.50. The smallest absolute Gasteiger partial charge is 0.119 e. The number of hydrogen-bond acceptors (Lipinski definition) is 3. The van der Waals surface area contributed by atoms with Gasteiger partial charge >= 0.3 is 0 Å². The highest BCUT2D eigenvalue weighted by atomic mass is 32.1. The van der Waals surface area contributed by atoms with Crippen molar-refractivity contribution in [3.63, 3.8) is 0 Å².